The molecule has 0 radical (unpaired) electrons. The van der Waals surface area contributed by atoms with Gasteiger partial charge in [0.25, 0.3) is 5.91 Å². The van der Waals surface area contributed by atoms with Gasteiger partial charge in [0.2, 0.25) is 0 Å². The number of aromatic hydroxyl groups is 1. The van der Waals surface area contributed by atoms with Gasteiger partial charge in [-0.15, -0.1) is 0 Å². The lowest BCUT2D eigenvalue weighted by Crippen LogP contribution is -2.30. The van der Waals surface area contributed by atoms with Gasteiger partial charge in [0.1, 0.15) is 17.2 Å². The highest BCUT2D eigenvalue weighted by Crippen LogP contribution is 2.26. The van der Waals surface area contributed by atoms with Crippen molar-refractivity contribution in [3.05, 3.63) is 53.8 Å². The number of phenols is 1. The number of ether oxygens (including phenoxy) is 1. The zero-order valence-electron chi connectivity index (χ0n) is 11.8. The Hall–Kier alpha value is -2.56. The van der Waals surface area contributed by atoms with Crippen molar-refractivity contribution in [2.75, 3.05) is 5.32 Å². The van der Waals surface area contributed by atoms with E-state index in [1.807, 2.05) is 19.1 Å². The lowest BCUT2D eigenvalue weighted by atomic mass is 10.2. The van der Waals surface area contributed by atoms with Crippen molar-refractivity contribution in [3.63, 3.8) is 0 Å². The van der Waals surface area contributed by atoms with Gasteiger partial charge in [-0.3, -0.25) is 4.79 Å². The summed E-state index contributed by atoms with van der Waals surface area (Å²) in [6, 6.07) is 11.0. The first kappa shape index (κ1) is 14.8. The van der Waals surface area contributed by atoms with E-state index in [9.17, 15) is 14.3 Å². The van der Waals surface area contributed by atoms with Crippen LogP contribution < -0.4 is 10.1 Å². The van der Waals surface area contributed by atoms with Crippen LogP contribution in [-0.2, 0) is 4.79 Å². The highest BCUT2D eigenvalue weighted by atomic mass is 19.1. The summed E-state index contributed by atoms with van der Waals surface area (Å²) >= 11 is 0. The van der Waals surface area contributed by atoms with E-state index < -0.39 is 17.8 Å². The Bertz CT molecular complexity index is 620. The van der Waals surface area contributed by atoms with Gasteiger partial charge in [0, 0.05) is 0 Å². The summed E-state index contributed by atoms with van der Waals surface area (Å²) in [6.07, 6.45) is -0.827. The van der Waals surface area contributed by atoms with Crippen LogP contribution in [0, 0.1) is 12.7 Å². The minimum Gasteiger partial charge on any atom is -0.506 e. The average molecular weight is 289 g/mol. The van der Waals surface area contributed by atoms with E-state index in [1.165, 1.54) is 12.1 Å². The molecule has 0 heterocycles. The molecule has 0 saturated heterocycles. The molecule has 110 valence electrons. The third kappa shape index (κ3) is 3.72. The molecule has 0 spiro atoms. The van der Waals surface area contributed by atoms with Crippen molar-refractivity contribution in [1.82, 2.24) is 0 Å². The predicted octanol–water partition coefficient (Wildman–Crippen LogP) is 3.25. The number of carbonyl (C=O) groups is 1. The van der Waals surface area contributed by atoms with Crippen molar-refractivity contribution < 1.29 is 19.0 Å². The third-order valence-electron chi connectivity index (χ3n) is 2.94. The van der Waals surface area contributed by atoms with E-state index in [2.05, 4.69) is 5.32 Å². The third-order valence-corrected chi connectivity index (χ3v) is 2.94. The summed E-state index contributed by atoms with van der Waals surface area (Å²) < 4.78 is 19.0. The monoisotopic (exact) mass is 289 g/mol. The van der Waals surface area contributed by atoms with Crippen LogP contribution in [0.15, 0.2) is 42.5 Å². The van der Waals surface area contributed by atoms with Crippen LogP contribution in [0.3, 0.4) is 0 Å². The molecule has 1 atom stereocenters. The molecule has 0 aliphatic rings. The summed E-state index contributed by atoms with van der Waals surface area (Å²) in [5.41, 5.74) is 0.831. The molecular formula is C16H16FNO3. The summed E-state index contributed by atoms with van der Waals surface area (Å²) in [6.45, 7) is 3.49. The van der Waals surface area contributed by atoms with Crippen LogP contribution >= 0.6 is 0 Å². The zero-order chi connectivity index (χ0) is 15.4. The van der Waals surface area contributed by atoms with E-state index in [-0.39, 0.29) is 11.4 Å². The predicted molar refractivity (Wildman–Crippen MR) is 78.0 cm³/mol. The molecule has 0 aliphatic carbocycles. The van der Waals surface area contributed by atoms with Gasteiger partial charge >= 0.3 is 0 Å². The van der Waals surface area contributed by atoms with Crippen LogP contribution in [0.1, 0.15) is 12.5 Å². The number of halogens is 1. The first-order valence-electron chi connectivity index (χ1n) is 6.49. The van der Waals surface area contributed by atoms with E-state index >= 15 is 0 Å². The van der Waals surface area contributed by atoms with Gasteiger partial charge in [-0.05, 0) is 38.1 Å². The molecule has 2 N–H and O–H groups in total. The molecule has 21 heavy (non-hydrogen) atoms. The molecule has 0 saturated carbocycles. The molecule has 0 aliphatic heterocycles. The first-order valence-corrected chi connectivity index (χ1v) is 6.49. The second kappa shape index (κ2) is 6.26. The van der Waals surface area contributed by atoms with Crippen molar-refractivity contribution in [3.8, 4) is 11.5 Å². The lowest BCUT2D eigenvalue weighted by Gasteiger charge is -2.15. The smallest absolute Gasteiger partial charge is 0.265 e. The van der Waals surface area contributed by atoms with E-state index in [4.69, 9.17) is 4.74 Å². The van der Waals surface area contributed by atoms with Crippen molar-refractivity contribution >= 4 is 11.6 Å². The standard InChI is InChI=1S/C16H16FNO3/c1-10-6-8-12(9-7-10)21-11(2)16(20)18-15-13(17)4-3-5-14(15)19/h3-9,11,19H,1-2H3,(H,18,20). The Morgan fingerprint density at radius 2 is 1.90 bits per heavy atom. The summed E-state index contributed by atoms with van der Waals surface area (Å²) in [5.74, 6) is -1.03. The van der Waals surface area contributed by atoms with E-state index in [0.717, 1.165) is 11.6 Å². The number of aryl methyl sites for hydroxylation is 1. The number of hydrogen-bond donors (Lipinski definition) is 2. The van der Waals surface area contributed by atoms with Gasteiger partial charge in [0.05, 0.1) is 0 Å². The molecular weight excluding hydrogens is 273 g/mol. The van der Waals surface area contributed by atoms with Crippen molar-refractivity contribution in [2.24, 2.45) is 0 Å². The molecule has 2 aromatic carbocycles. The van der Waals surface area contributed by atoms with Crippen LogP contribution in [0.5, 0.6) is 11.5 Å². The highest BCUT2D eigenvalue weighted by molar-refractivity contribution is 5.95. The Labute approximate surface area is 122 Å². The molecule has 0 fully saturated rings. The number of phenolic OH excluding ortho intramolecular Hbond substituents is 1. The Balaban J connectivity index is 2.04. The number of para-hydroxylation sites is 1. The minimum absolute atomic E-state index is 0.248. The Morgan fingerprint density at radius 1 is 1.24 bits per heavy atom. The quantitative estimate of drug-likeness (QED) is 0.849. The number of hydrogen-bond acceptors (Lipinski definition) is 3. The fraction of sp³-hybridized carbons (Fsp3) is 0.188. The fourth-order valence-corrected chi connectivity index (χ4v) is 1.74. The largest absolute Gasteiger partial charge is 0.506 e. The Morgan fingerprint density at radius 3 is 2.52 bits per heavy atom. The molecule has 5 heteroatoms. The number of amides is 1. The summed E-state index contributed by atoms with van der Waals surface area (Å²) in [7, 11) is 0. The van der Waals surface area contributed by atoms with E-state index in [0.29, 0.717) is 5.75 Å². The summed E-state index contributed by atoms with van der Waals surface area (Å²) in [5, 5.41) is 11.9. The maximum atomic E-state index is 13.5. The van der Waals surface area contributed by atoms with Gasteiger partial charge in [-0.25, -0.2) is 4.39 Å². The second-order valence-electron chi connectivity index (χ2n) is 4.70. The number of rotatable bonds is 4. The fourth-order valence-electron chi connectivity index (χ4n) is 1.74. The highest BCUT2D eigenvalue weighted by Gasteiger charge is 2.18. The van der Waals surface area contributed by atoms with Crippen LogP contribution in [-0.4, -0.2) is 17.1 Å². The lowest BCUT2D eigenvalue weighted by molar-refractivity contribution is -0.122. The topological polar surface area (TPSA) is 58.6 Å². The van der Waals surface area contributed by atoms with Crippen LogP contribution in [0.4, 0.5) is 10.1 Å². The van der Waals surface area contributed by atoms with Crippen LogP contribution in [0.25, 0.3) is 0 Å². The SMILES string of the molecule is Cc1ccc(OC(C)C(=O)Nc2c(O)cccc2F)cc1. The number of benzene rings is 2. The van der Waals surface area contributed by atoms with Gasteiger partial charge in [-0.1, -0.05) is 23.8 Å². The molecule has 1 unspecified atom stereocenters. The number of carbonyl (C=O) groups excluding carboxylic acids is 1. The Kier molecular flexibility index (Phi) is 4.42. The number of nitrogens with one attached hydrogen (secondary N) is 1. The van der Waals surface area contributed by atoms with Gasteiger partial charge in [-0.2, -0.15) is 0 Å². The normalized spacial score (nSPS) is 11.8. The van der Waals surface area contributed by atoms with E-state index in [1.54, 1.807) is 19.1 Å². The second-order valence-corrected chi connectivity index (χ2v) is 4.70. The first-order chi connectivity index (χ1) is 9.97. The summed E-state index contributed by atoms with van der Waals surface area (Å²) in [4.78, 5) is 12.0. The average Bonchev–Trinajstić information content (AvgIpc) is 2.45. The minimum atomic E-state index is -0.827. The number of anilines is 1. The van der Waals surface area contributed by atoms with Crippen molar-refractivity contribution in [1.29, 1.82) is 0 Å². The van der Waals surface area contributed by atoms with Crippen LogP contribution in [0.2, 0.25) is 0 Å². The molecule has 2 rings (SSSR count). The zero-order valence-corrected chi connectivity index (χ0v) is 11.8. The van der Waals surface area contributed by atoms with Gasteiger partial charge in [0.15, 0.2) is 11.9 Å². The van der Waals surface area contributed by atoms with Gasteiger partial charge < -0.3 is 15.2 Å². The molecule has 2 aromatic rings. The van der Waals surface area contributed by atoms with Crippen molar-refractivity contribution in [2.45, 2.75) is 20.0 Å². The molecule has 0 aromatic heterocycles. The maximum absolute atomic E-state index is 13.5. The molecule has 0 bridgehead atoms. The molecule has 4 nitrogen and oxygen atoms in total. The molecule has 1 amide bonds. The maximum Gasteiger partial charge on any atom is 0.265 e.